The Morgan fingerprint density at radius 3 is 2.95 bits per heavy atom. The highest BCUT2D eigenvalue weighted by Crippen LogP contribution is 2.33. The molecule has 0 saturated heterocycles. The lowest BCUT2D eigenvalue weighted by atomic mass is 9.88. The molecule has 0 N–H and O–H groups in total. The van der Waals surface area contributed by atoms with Gasteiger partial charge in [0, 0.05) is 17.3 Å². The van der Waals surface area contributed by atoms with E-state index in [0.29, 0.717) is 5.92 Å². The number of amides is 1. The Kier molecular flexibility index (Phi) is 4.24. The van der Waals surface area contributed by atoms with Crippen LogP contribution in [0.15, 0.2) is 5.38 Å². The van der Waals surface area contributed by atoms with Crippen LogP contribution in [0.25, 0.3) is 0 Å². The van der Waals surface area contributed by atoms with Crippen molar-refractivity contribution in [1.82, 2.24) is 4.90 Å². The number of thiophene rings is 1. The van der Waals surface area contributed by atoms with Crippen molar-refractivity contribution in [1.29, 1.82) is 0 Å². The third kappa shape index (κ3) is 2.97. The minimum absolute atomic E-state index is 0.00361. The molecule has 4 nitrogen and oxygen atoms in total. The summed E-state index contributed by atoms with van der Waals surface area (Å²) in [6, 6.07) is 0. The number of likely N-dealkylation sites (N-methyl/N-ethyl adjacent to an activating group) is 1. The van der Waals surface area contributed by atoms with Crippen LogP contribution in [0.5, 0.6) is 0 Å². The Morgan fingerprint density at radius 2 is 2.26 bits per heavy atom. The number of carbonyl (C=O) groups excluding carboxylic acids is 2. The van der Waals surface area contributed by atoms with Gasteiger partial charge in [0.15, 0.2) is 0 Å². The predicted molar refractivity (Wildman–Crippen MR) is 74.5 cm³/mol. The number of hydrogen-bond acceptors (Lipinski definition) is 4. The molecule has 1 atom stereocenters. The SMILES string of the molecule is COC(=O)CN(C)C(=O)c1csc2c1CCC(C)C2. The number of hydrogen-bond donors (Lipinski definition) is 0. The van der Waals surface area contributed by atoms with Gasteiger partial charge in [-0.3, -0.25) is 9.59 Å². The van der Waals surface area contributed by atoms with Crippen LogP contribution < -0.4 is 0 Å². The molecule has 1 aliphatic carbocycles. The van der Waals surface area contributed by atoms with E-state index in [4.69, 9.17) is 0 Å². The number of esters is 1. The van der Waals surface area contributed by atoms with E-state index >= 15 is 0 Å². The number of ether oxygens (including phenoxy) is 1. The van der Waals surface area contributed by atoms with Crippen LogP contribution in [0, 0.1) is 5.92 Å². The first-order valence-corrected chi connectivity index (χ1v) is 7.32. The van der Waals surface area contributed by atoms with Gasteiger partial charge in [-0.15, -0.1) is 11.3 Å². The van der Waals surface area contributed by atoms with Gasteiger partial charge in [-0.05, 0) is 30.7 Å². The first-order valence-electron chi connectivity index (χ1n) is 6.44. The molecule has 0 bridgehead atoms. The first-order chi connectivity index (χ1) is 9.02. The highest BCUT2D eigenvalue weighted by Gasteiger charge is 2.25. The average Bonchev–Trinajstić information content (AvgIpc) is 2.80. The van der Waals surface area contributed by atoms with Crippen molar-refractivity contribution >= 4 is 23.2 Å². The van der Waals surface area contributed by atoms with Crippen molar-refractivity contribution < 1.29 is 14.3 Å². The molecule has 19 heavy (non-hydrogen) atoms. The summed E-state index contributed by atoms with van der Waals surface area (Å²) in [4.78, 5) is 26.3. The highest BCUT2D eigenvalue weighted by atomic mass is 32.1. The summed E-state index contributed by atoms with van der Waals surface area (Å²) in [5.41, 5.74) is 1.95. The van der Waals surface area contributed by atoms with Gasteiger partial charge in [0.2, 0.25) is 0 Å². The second-order valence-corrected chi connectivity index (χ2v) is 6.10. The monoisotopic (exact) mass is 281 g/mol. The zero-order valence-electron chi connectivity index (χ0n) is 11.6. The molecule has 0 aliphatic heterocycles. The average molecular weight is 281 g/mol. The minimum Gasteiger partial charge on any atom is -0.468 e. The lowest BCUT2D eigenvalue weighted by Gasteiger charge is -2.20. The van der Waals surface area contributed by atoms with Crippen molar-refractivity contribution in [3.05, 3.63) is 21.4 Å². The van der Waals surface area contributed by atoms with E-state index in [1.807, 2.05) is 5.38 Å². The largest absolute Gasteiger partial charge is 0.468 e. The fourth-order valence-corrected chi connectivity index (χ4v) is 3.63. The molecule has 5 heteroatoms. The lowest BCUT2D eigenvalue weighted by molar-refractivity contribution is -0.141. The van der Waals surface area contributed by atoms with Gasteiger partial charge in [0.1, 0.15) is 6.54 Å². The van der Waals surface area contributed by atoms with Crippen molar-refractivity contribution in [2.24, 2.45) is 5.92 Å². The van der Waals surface area contributed by atoms with Crippen LogP contribution >= 0.6 is 11.3 Å². The molecule has 1 heterocycles. The Bertz CT molecular complexity index is 495. The Morgan fingerprint density at radius 1 is 1.53 bits per heavy atom. The van der Waals surface area contributed by atoms with Gasteiger partial charge in [-0.25, -0.2) is 0 Å². The molecular weight excluding hydrogens is 262 g/mol. The number of methoxy groups -OCH3 is 1. The van der Waals surface area contributed by atoms with E-state index in [-0.39, 0.29) is 12.5 Å². The summed E-state index contributed by atoms with van der Waals surface area (Å²) in [5, 5.41) is 1.93. The molecule has 0 fully saturated rings. The van der Waals surface area contributed by atoms with E-state index in [2.05, 4.69) is 11.7 Å². The van der Waals surface area contributed by atoms with Crippen molar-refractivity contribution in [3.63, 3.8) is 0 Å². The molecule has 0 aromatic carbocycles. The fourth-order valence-electron chi connectivity index (χ4n) is 2.39. The smallest absolute Gasteiger partial charge is 0.325 e. The number of carbonyl (C=O) groups is 2. The van der Waals surface area contributed by atoms with Crippen molar-refractivity contribution in [2.45, 2.75) is 26.2 Å². The Labute approximate surface area is 117 Å². The highest BCUT2D eigenvalue weighted by molar-refractivity contribution is 7.10. The second kappa shape index (κ2) is 5.74. The molecule has 0 spiro atoms. The van der Waals surface area contributed by atoms with Gasteiger partial charge in [-0.2, -0.15) is 0 Å². The molecule has 0 saturated carbocycles. The molecule has 1 amide bonds. The van der Waals surface area contributed by atoms with Gasteiger partial charge in [-0.1, -0.05) is 6.92 Å². The van der Waals surface area contributed by atoms with Crippen LogP contribution in [-0.4, -0.2) is 37.5 Å². The van der Waals surface area contributed by atoms with E-state index < -0.39 is 5.97 Å². The number of fused-ring (bicyclic) bond motifs is 1. The van der Waals surface area contributed by atoms with Crippen LogP contribution in [0.3, 0.4) is 0 Å². The molecular formula is C14H19NO3S. The van der Waals surface area contributed by atoms with E-state index in [9.17, 15) is 9.59 Å². The zero-order chi connectivity index (χ0) is 14.0. The quantitative estimate of drug-likeness (QED) is 0.797. The Hall–Kier alpha value is -1.36. The molecule has 2 rings (SSSR count). The maximum atomic E-state index is 12.3. The molecule has 1 aromatic rings. The zero-order valence-corrected chi connectivity index (χ0v) is 12.4. The van der Waals surface area contributed by atoms with Gasteiger partial charge in [0.05, 0.1) is 12.7 Å². The summed E-state index contributed by atoms with van der Waals surface area (Å²) >= 11 is 1.66. The topological polar surface area (TPSA) is 46.6 Å². The Balaban J connectivity index is 2.14. The summed E-state index contributed by atoms with van der Waals surface area (Å²) in [7, 11) is 2.96. The molecule has 104 valence electrons. The van der Waals surface area contributed by atoms with Crippen LogP contribution in [0.1, 0.15) is 34.1 Å². The second-order valence-electron chi connectivity index (χ2n) is 5.14. The maximum Gasteiger partial charge on any atom is 0.325 e. The standard InChI is InChI=1S/C14H19NO3S/c1-9-4-5-10-11(8-19-12(10)6-9)14(17)15(2)7-13(16)18-3/h8-9H,4-7H2,1-3H3. The third-order valence-electron chi connectivity index (χ3n) is 3.57. The molecule has 1 aliphatic rings. The number of rotatable bonds is 3. The fraction of sp³-hybridized carbons (Fsp3) is 0.571. The van der Waals surface area contributed by atoms with Gasteiger partial charge >= 0.3 is 5.97 Å². The summed E-state index contributed by atoms with van der Waals surface area (Å²) in [6.07, 6.45) is 3.16. The summed E-state index contributed by atoms with van der Waals surface area (Å²) < 4.78 is 4.58. The van der Waals surface area contributed by atoms with E-state index in [1.165, 1.54) is 22.5 Å². The van der Waals surface area contributed by atoms with Crippen LogP contribution in [-0.2, 0) is 22.4 Å². The first kappa shape index (κ1) is 14.1. The van der Waals surface area contributed by atoms with Crippen LogP contribution in [0.2, 0.25) is 0 Å². The summed E-state index contributed by atoms with van der Waals surface area (Å²) in [6.45, 7) is 2.24. The van der Waals surface area contributed by atoms with Crippen molar-refractivity contribution in [2.75, 3.05) is 20.7 Å². The lowest BCUT2D eigenvalue weighted by Crippen LogP contribution is -2.33. The molecule has 1 unspecified atom stereocenters. The van der Waals surface area contributed by atoms with Gasteiger partial charge in [0.25, 0.3) is 5.91 Å². The third-order valence-corrected chi connectivity index (χ3v) is 4.62. The summed E-state index contributed by atoms with van der Waals surface area (Å²) in [5.74, 6) is 0.216. The maximum absolute atomic E-state index is 12.3. The van der Waals surface area contributed by atoms with Gasteiger partial charge < -0.3 is 9.64 Å². The minimum atomic E-state index is -0.395. The van der Waals surface area contributed by atoms with E-state index in [0.717, 1.165) is 24.8 Å². The van der Waals surface area contributed by atoms with Crippen molar-refractivity contribution in [3.8, 4) is 0 Å². The predicted octanol–water partition coefficient (Wildman–Crippen LogP) is 2.12. The van der Waals surface area contributed by atoms with Crippen LogP contribution in [0.4, 0.5) is 0 Å². The normalized spacial score (nSPS) is 17.7. The van der Waals surface area contributed by atoms with E-state index in [1.54, 1.807) is 18.4 Å². The molecule has 0 radical (unpaired) electrons. The number of nitrogens with zero attached hydrogens (tertiary/aromatic N) is 1. The molecule has 1 aromatic heterocycles.